The van der Waals surface area contributed by atoms with Gasteiger partial charge in [0.1, 0.15) is 5.75 Å². The molecular formula is C26H28N4O3. The maximum atomic E-state index is 14.0. The lowest BCUT2D eigenvalue weighted by Gasteiger charge is -2.42. The average molecular weight is 445 g/mol. The monoisotopic (exact) mass is 444 g/mol. The topological polar surface area (TPSA) is 67.8 Å². The number of amides is 1. The Morgan fingerprint density at radius 3 is 2.52 bits per heavy atom. The van der Waals surface area contributed by atoms with Gasteiger partial charge in [0.05, 0.1) is 13.7 Å². The lowest BCUT2D eigenvalue weighted by atomic mass is 9.83. The molecule has 0 unspecified atom stereocenters. The number of aromatic nitrogens is 2. The molecule has 2 fully saturated rings. The van der Waals surface area contributed by atoms with Crippen molar-refractivity contribution in [3.05, 3.63) is 90.0 Å². The summed E-state index contributed by atoms with van der Waals surface area (Å²) < 4.78 is 11.6. The summed E-state index contributed by atoms with van der Waals surface area (Å²) in [6.45, 7) is 3.63. The van der Waals surface area contributed by atoms with Crippen molar-refractivity contribution in [1.29, 1.82) is 0 Å². The third-order valence-corrected chi connectivity index (χ3v) is 6.58. The van der Waals surface area contributed by atoms with E-state index in [1.807, 2.05) is 59.8 Å². The van der Waals surface area contributed by atoms with Crippen molar-refractivity contribution >= 4 is 5.91 Å². The van der Waals surface area contributed by atoms with Crippen LogP contribution in [0.5, 0.6) is 5.75 Å². The molecule has 1 spiro atoms. The Morgan fingerprint density at radius 2 is 1.82 bits per heavy atom. The zero-order valence-electron chi connectivity index (χ0n) is 18.8. The quantitative estimate of drug-likeness (QED) is 0.583. The Labute approximate surface area is 194 Å². The van der Waals surface area contributed by atoms with E-state index in [1.54, 1.807) is 19.5 Å². The van der Waals surface area contributed by atoms with Crippen LogP contribution < -0.4 is 4.74 Å². The molecule has 7 heteroatoms. The molecule has 2 atom stereocenters. The summed E-state index contributed by atoms with van der Waals surface area (Å²) in [5, 5.41) is 0. The second kappa shape index (κ2) is 9.29. The minimum absolute atomic E-state index is 0.0482. The highest BCUT2D eigenvalue weighted by Crippen LogP contribution is 2.42. The first-order valence-electron chi connectivity index (χ1n) is 11.3. The Kier molecular flexibility index (Phi) is 6.07. The van der Waals surface area contributed by atoms with E-state index < -0.39 is 5.60 Å². The molecule has 0 radical (unpaired) electrons. The van der Waals surface area contributed by atoms with Gasteiger partial charge in [0.25, 0.3) is 5.91 Å². The van der Waals surface area contributed by atoms with E-state index in [2.05, 4.69) is 20.9 Å². The lowest BCUT2D eigenvalue weighted by Crippen LogP contribution is -2.59. The number of hydrogen-bond donors (Lipinski definition) is 0. The fourth-order valence-electron chi connectivity index (χ4n) is 4.97. The zero-order chi connectivity index (χ0) is 22.7. The maximum absolute atomic E-state index is 14.0. The molecule has 1 aromatic carbocycles. The van der Waals surface area contributed by atoms with Crippen LogP contribution in [-0.4, -0.2) is 64.6 Å². The summed E-state index contributed by atoms with van der Waals surface area (Å²) in [6, 6.07) is 15.9. The van der Waals surface area contributed by atoms with Crippen LogP contribution in [0.2, 0.25) is 0 Å². The van der Waals surface area contributed by atoms with E-state index in [-0.39, 0.29) is 11.8 Å². The smallest absolute Gasteiger partial charge is 0.257 e. The largest absolute Gasteiger partial charge is 0.497 e. The van der Waals surface area contributed by atoms with E-state index >= 15 is 0 Å². The number of methoxy groups -OCH3 is 1. The second-order valence-corrected chi connectivity index (χ2v) is 8.68. The van der Waals surface area contributed by atoms with Crippen LogP contribution in [0.1, 0.15) is 22.6 Å². The number of carbonyl (C=O) groups excluding carboxylic acids is 1. The highest BCUT2D eigenvalue weighted by Gasteiger charge is 2.56. The molecule has 170 valence electrons. The Balaban J connectivity index is 1.42. The maximum Gasteiger partial charge on any atom is 0.257 e. The molecule has 7 nitrogen and oxygen atoms in total. The van der Waals surface area contributed by atoms with E-state index in [4.69, 9.17) is 9.47 Å². The van der Waals surface area contributed by atoms with Crippen LogP contribution in [0.3, 0.4) is 0 Å². The number of ether oxygens (including phenoxy) is 2. The number of rotatable bonds is 6. The first-order valence-corrected chi connectivity index (χ1v) is 11.3. The van der Waals surface area contributed by atoms with Crippen LogP contribution >= 0.6 is 0 Å². The van der Waals surface area contributed by atoms with Gasteiger partial charge in [-0.05, 0) is 41.0 Å². The fraction of sp³-hybridized carbons (Fsp3) is 0.346. The molecule has 4 heterocycles. The molecule has 2 aromatic heterocycles. The molecule has 2 aliphatic rings. The molecule has 0 bridgehead atoms. The van der Waals surface area contributed by atoms with Crippen LogP contribution in [0, 0.1) is 0 Å². The van der Waals surface area contributed by atoms with E-state index in [1.165, 1.54) is 0 Å². The summed E-state index contributed by atoms with van der Waals surface area (Å²) >= 11 is 0. The number of carbonyl (C=O) groups is 1. The van der Waals surface area contributed by atoms with Crippen molar-refractivity contribution in [3.8, 4) is 5.75 Å². The van der Waals surface area contributed by atoms with Gasteiger partial charge in [-0.3, -0.25) is 19.7 Å². The highest BCUT2D eigenvalue weighted by molar-refractivity contribution is 5.88. The Morgan fingerprint density at radius 1 is 1.03 bits per heavy atom. The molecule has 2 saturated heterocycles. The number of likely N-dealkylation sites (tertiary alicyclic amines) is 1. The Bertz CT molecular complexity index is 1080. The van der Waals surface area contributed by atoms with E-state index in [0.717, 1.165) is 35.5 Å². The fourth-order valence-corrected chi connectivity index (χ4v) is 4.97. The molecule has 2 aliphatic heterocycles. The predicted octanol–water partition coefficient (Wildman–Crippen LogP) is 2.88. The third kappa shape index (κ3) is 4.34. The standard InChI is InChI=1S/C26H28N4O3/c1-32-23-8-6-20(7-9-23)17-30-12-13-33-26(25(30)31)19-29(16-21-4-2-10-27-14-21)18-24(26)22-5-3-11-28-15-22/h2-11,14-15,24H,12-13,16-19H2,1H3/t24-,26-/m0/s1. The number of benzene rings is 1. The summed E-state index contributed by atoms with van der Waals surface area (Å²) in [5.74, 6) is 0.767. The Hall–Kier alpha value is -3.29. The average Bonchev–Trinajstić information content (AvgIpc) is 3.22. The molecule has 3 aromatic rings. The van der Waals surface area contributed by atoms with Gasteiger partial charge in [-0.25, -0.2) is 0 Å². The number of nitrogens with zero attached hydrogens (tertiary/aromatic N) is 4. The van der Waals surface area contributed by atoms with E-state index in [9.17, 15) is 4.79 Å². The molecule has 0 saturated carbocycles. The molecular weight excluding hydrogens is 416 g/mol. The minimum atomic E-state index is -0.921. The summed E-state index contributed by atoms with van der Waals surface area (Å²) in [6.07, 6.45) is 7.28. The van der Waals surface area contributed by atoms with Gasteiger partial charge in [0.2, 0.25) is 0 Å². The summed E-state index contributed by atoms with van der Waals surface area (Å²) in [5.41, 5.74) is 2.31. The molecule has 0 N–H and O–H groups in total. The van der Waals surface area contributed by atoms with Crippen LogP contribution in [0.4, 0.5) is 0 Å². The van der Waals surface area contributed by atoms with Crippen molar-refractivity contribution in [2.45, 2.75) is 24.6 Å². The van der Waals surface area contributed by atoms with Crippen molar-refractivity contribution in [2.24, 2.45) is 0 Å². The van der Waals surface area contributed by atoms with Crippen LogP contribution in [0.25, 0.3) is 0 Å². The van der Waals surface area contributed by atoms with Gasteiger partial charge >= 0.3 is 0 Å². The predicted molar refractivity (Wildman–Crippen MR) is 124 cm³/mol. The first-order chi connectivity index (χ1) is 16.2. The van der Waals surface area contributed by atoms with Crippen LogP contribution in [-0.2, 0) is 22.6 Å². The lowest BCUT2D eigenvalue weighted by molar-refractivity contribution is -0.173. The molecule has 1 amide bonds. The SMILES string of the molecule is COc1ccc(CN2CCO[C@]3(CN(Cc4cccnc4)C[C@H]3c3cccnc3)C2=O)cc1. The van der Waals surface area contributed by atoms with Gasteiger partial charge in [0, 0.05) is 63.4 Å². The first kappa shape index (κ1) is 21.6. The number of morpholine rings is 1. The van der Waals surface area contributed by atoms with Crippen molar-refractivity contribution in [2.75, 3.05) is 33.4 Å². The van der Waals surface area contributed by atoms with Crippen LogP contribution in [0.15, 0.2) is 73.3 Å². The van der Waals surface area contributed by atoms with Gasteiger partial charge in [0.15, 0.2) is 5.60 Å². The normalized spacial score (nSPS) is 23.2. The van der Waals surface area contributed by atoms with Gasteiger partial charge < -0.3 is 14.4 Å². The van der Waals surface area contributed by atoms with Gasteiger partial charge in [-0.1, -0.05) is 24.3 Å². The van der Waals surface area contributed by atoms with Crippen molar-refractivity contribution < 1.29 is 14.3 Å². The van der Waals surface area contributed by atoms with E-state index in [0.29, 0.717) is 26.2 Å². The van der Waals surface area contributed by atoms with Crippen molar-refractivity contribution in [1.82, 2.24) is 19.8 Å². The molecule has 0 aliphatic carbocycles. The summed E-state index contributed by atoms with van der Waals surface area (Å²) in [7, 11) is 1.65. The van der Waals surface area contributed by atoms with Gasteiger partial charge in [-0.15, -0.1) is 0 Å². The summed E-state index contributed by atoms with van der Waals surface area (Å²) in [4.78, 5) is 26.8. The van der Waals surface area contributed by atoms with Gasteiger partial charge in [-0.2, -0.15) is 0 Å². The minimum Gasteiger partial charge on any atom is -0.497 e. The van der Waals surface area contributed by atoms with Crippen molar-refractivity contribution in [3.63, 3.8) is 0 Å². The number of pyridine rings is 2. The zero-order valence-corrected chi connectivity index (χ0v) is 18.8. The second-order valence-electron chi connectivity index (χ2n) is 8.68. The molecule has 33 heavy (non-hydrogen) atoms. The molecule has 5 rings (SSSR count). The third-order valence-electron chi connectivity index (χ3n) is 6.58. The highest BCUT2D eigenvalue weighted by atomic mass is 16.5. The number of hydrogen-bond acceptors (Lipinski definition) is 6.